The molecule has 1 unspecified atom stereocenters. The number of rotatable bonds is 6. The quantitative estimate of drug-likeness (QED) is 0.387. The first-order chi connectivity index (χ1) is 17.0. The van der Waals surface area contributed by atoms with Crippen LogP contribution in [0.1, 0.15) is 39.0 Å². The van der Waals surface area contributed by atoms with Gasteiger partial charge in [-0.05, 0) is 26.0 Å². The third-order valence-electron chi connectivity index (χ3n) is 6.05. The lowest BCUT2D eigenvalue weighted by Gasteiger charge is -2.21. The summed E-state index contributed by atoms with van der Waals surface area (Å²) in [5.41, 5.74) is 4.78. The molecule has 8 nitrogen and oxygen atoms in total. The SMILES string of the molecule is COc1ccccc1C(NC(=O)c1cc(-c2ccc(C)cc2)nc2onc(C)c12)c1nccn1C. The molecular formula is C27H25N5O3. The predicted octanol–water partition coefficient (Wildman–Crippen LogP) is 4.77. The number of imidazole rings is 1. The van der Waals surface area contributed by atoms with Crippen LogP contribution < -0.4 is 10.1 Å². The van der Waals surface area contributed by atoms with E-state index in [1.165, 1.54) is 0 Å². The number of aromatic nitrogens is 4. The highest BCUT2D eigenvalue weighted by Crippen LogP contribution is 2.31. The number of ether oxygens (including phenoxy) is 1. The second-order valence-corrected chi connectivity index (χ2v) is 8.41. The fourth-order valence-electron chi connectivity index (χ4n) is 4.20. The number of benzene rings is 2. The van der Waals surface area contributed by atoms with E-state index in [4.69, 9.17) is 9.26 Å². The molecule has 1 atom stereocenters. The molecule has 0 saturated carbocycles. The second kappa shape index (κ2) is 9.06. The molecule has 5 aromatic rings. The Morgan fingerprint density at radius 2 is 1.89 bits per heavy atom. The maximum Gasteiger partial charge on any atom is 0.259 e. The van der Waals surface area contributed by atoms with Crippen molar-refractivity contribution in [3.63, 3.8) is 0 Å². The number of nitrogens with zero attached hydrogens (tertiary/aromatic N) is 4. The van der Waals surface area contributed by atoms with Gasteiger partial charge >= 0.3 is 0 Å². The Hall–Kier alpha value is -4.46. The Kier molecular flexibility index (Phi) is 5.78. The van der Waals surface area contributed by atoms with Gasteiger partial charge < -0.3 is 19.1 Å². The molecule has 0 aliphatic heterocycles. The summed E-state index contributed by atoms with van der Waals surface area (Å²) >= 11 is 0. The average molecular weight is 468 g/mol. The molecule has 1 N–H and O–H groups in total. The molecular weight excluding hydrogens is 442 g/mol. The maximum absolute atomic E-state index is 13.9. The Labute approximate surface area is 202 Å². The van der Waals surface area contributed by atoms with Crippen molar-refractivity contribution >= 4 is 17.0 Å². The van der Waals surface area contributed by atoms with Crippen LogP contribution in [-0.2, 0) is 7.05 Å². The number of carbonyl (C=O) groups is 1. The fourth-order valence-corrected chi connectivity index (χ4v) is 4.20. The minimum Gasteiger partial charge on any atom is -0.496 e. The number of fused-ring (bicyclic) bond motifs is 1. The van der Waals surface area contributed by atoms with Gasteiger partial charge in [-0.3, -0.25) is 4.79 Å². The summed E-state index contributed by atoms with van der Waals surface area (Å²) in [6, 6.07) is 16.8. The van der Waals surface area contributed by atoms with Gasteiger partial charge in [0.25, 0.3) is 11.6 Å². The molecule has 176 valence electrons. The lowest BCUT2D eigenvalue weighted by Crippen LogP contribution is -2.31. The number of methoxy groups -OCH3 is 1. The first-order valence-electron chi connectivity index (χ1n) is 11.2. The van der Waals surface area contributed by atoms with E-state index in [0.29, 0.717) is 39.6 Å². The van der Waals surface area contributed by atoms with Gasteiger partial charge in [0.05, 0.1) is 29.4 Å². The number of nitrogens with one attached hydrogen (secondary N) is 1. The normalized spacial score (nSPS) is 12.0. The zero-order valence-electron chi connectivity index (χ0n) is 19.9. The lowest BCUT2D eigenvalue weighted by atomic mass is 10.0. The van der Waals surface area contributed by atoms with Crippen molar-refractivity contribution in [2.75, 3.05) is 7.11 Å². The summed E-state index contributed by atoms with van der Waals surface area (Å²) in [6.07, 6.45) is 3.54. The van der Waals surface area contributed by atoms with E-state index in [2.05, 4.69) is 20.4 Å². The lowest BCUT2D eigenvalue weighted by molar-refractivity contribution is 0.0942. The van der Waals surface area contributed by atoms with Crippen LogP contribution in [0.3, 0.4) is 0 Å². The van der Waals surface area contributed by atoms with Crippen LogP contribution in [0.4, 0.5) is 0 Å². The molecule has 0 spiro atoms. The standard InChI is InChI=1S/C27H25N5O3/c1-16-9-11-18(12-10-16)21-15-20(23-17(2)31-35-27(23)29-21)26(33)30-24(25-28-13-14-32(25)3)19-7-5-6-8-22(19)34-4/h5-15,24H,1-4H3,(H,30,33). The third kappa shape index (κ3) is 4.14. The molecule has 3 aromatic heterocycles. The van der Waals surface area contributed by atoms with E-state index in [0.717, 1.165) is 16.7 Å². The van der Waals surface area contributed by atoms with Crippen LogP contribution in [-0.4, -0.2) is 32.7 Å². The second-order valence-electron chi connectivity index (χ2n) is 8.41. The van der Waals surface area contributed by atoms with Crippen LogP contribution in [0.15, 0.2) is 71.5 Å². The molecule has 1 amide bonds. The van der Waals surface area contributed by atoms with Crippen LogP contribution >= 0.6 is 0 Å². The summed E-state index contributed by atoms with van der Waals surface area (Å²) in [4.78, 5) is 23.0. The number of hydrogen-bond acceptors (Lipinski definition) is 6. The molecule has 0 fully saturated rings. The molecule has 0 aliphatic carbocycles. The van der Waals surface area contributed by atoms with Crippen molar-refractivity contribution in [1.82, 2.24) is 25.0 Å². The molecule has 5 rings (SSSR count). The van der Waals surface area contributed by atoms with E-state index in [1.54, 1.807) is 26.3 Å². The van der Waals surface area contributed by atoms with E-state index < -0.39 is 6.04 Å². The Morgan fingerprint density at radius 1 is 1.11 bits per heavy atom. The van der Waals surface area contributed by atoms with Crippen LogP contribution in [0, 0.1) is 13.8 Å². The van der Waals surface area contributed by atoms with Crippen LogP contribution in [0.2, 0.25) is 0 Å². The number of para-hydroxylation sites is 1. The van der Waals surface area contributed by atoms with Crippen molar-refractivity contribution in [2.45, 2.75) is 19.9 Å². The molecule has 8 heteroatoms. The first kappa shape index (κ1) is 22.3. The predicted molar refractivity (Wildman–Crippen MR) is 132 cm³/mol. The topological polar surface area (TPSA) is 95.1 Å². The summed E-state index contributed by atoms with van der Waals surface area (Å²) in [6.45, 7) is 3.82. The summed E-state index contributed by atoms with van der Waals surface area (Å²) in [7, 11) is 3.50. The van der Waals surface area contributed by atoms with E-state index >= 15 is 0 Å². The van der Waals surface area contributed by atoms with Crippen molar-refractivity contribution < 1.29 is 14.1 Å². The molecule has 3 heterocycles. The largest absolute Gasteiger partial charge is 0.496 e. The Balaban J connectivity index is 1.62. The molecule has 0 aliphatic rings. The number of pyridine rings is 1. The van der Waals surface area contributed by atoms with Gasteiger partial charge in [0.15, 0.2) is 0 Å². The van der Waals surface area contributed by atoms with Gasteiger partial charge in [-0.15, -0.1) is 0 Å². The monoisotopic (exact) mass is 467 g/mol. The number of carbonyl (C=O) groups excluding carboxylic acids is 1. The maximum atomic E-state index is 13.9. The molecule has 2 aromatic carbocycles. The van der Waals surface area contributed by atoms with Gasteiger partial charge in [0, 0.05) is 30.6 Å². The molecule has 35 heavy (non-hydrogen) atoms. The first-order valence-corrected chi connectivity index (χ1v) is 11.2. The highest BCUT2D eigenvalue weighted by atomic mass is 16.5. The van der Waals surface area contributed by atoms with E-state index in [9.17, 15) is 4.79 Å². The van der Waals surface area contributed by atoms with Gasteiger partial charge in [-0.1, -0.05) is 53.2 Å². The minimum absolute atomic E-state index is 0.295. The fraction of sp³-hybridized carbons (Fsp3) is 0.185. The number of hydrogen-bond donors (Lipinski definition) is 1. The third-order valence-corrected chi connectivity index (χ3v) is 6.05. The zero-order valence-corrected chi connectivity index (χ0v) is 19.9. The summed E-state index contributed by atoms with van der Waals surface area (Å²) < 4.78 is 12.9. The Morgan fingerprint density at radius 3 is 2.60 bits per heavy atom. The van der Waals surface area contributed by atoms with Gasteiger partial charge in [-0.25, -0.2) is 9.97 Å². The van der Waals surface area contributed by atoms with E-state index in [-0.39, 0.29) is 5.91 Å². The van der Waals surface area contributed by atoms with Crippen molar-refractivity contribution in [3.05, 3.63) is 95.2 Å². The van der Waals surface area contributed by atoms with Crippen molar-refractivity contribution in [1.29, 1.82) is 0 Å². The van der Waals surface area contributed by atoms with Crippen LogP contribution in [0.5, 0.6) is 5.75 Å². The van der Waals surface area contributed by atoms with E-state index in [1.807, 2.05) is 73.3 Å². The van der Waals surface area contributed by atoms with Crippen LogP contribution in [0.25, 0.3) is 22.4 Å². The van der Waals surface area contributed by atoms with Gasteiger partial charge in [0.2, 0.25) is 0 Å². The zero-order chi connectivity index (χ0) is 24.5. The Bertz CT molecular complexity index is 1520. The number of amides is 1. The highest BCUT2D eigenvalue weighted by molar-refractivity contribution is 6.07. The summed E-state index contributed by atoms with van der Waals surface area (Å²) in [5.74, 6) is 1.03. The van der Waals surface area contributed by atoms with Crippen molar-refractivity contribution in [2.24, 2.45) is 7.05 Å². The average Bonchev–Trinajstić information content (AvgIpc) is 3.47. The number of aryl methyl sites for hydroxylation is 3. The van der Waals surface area contributed by atoms with Crippen molar-refractivity contribution in [3.8, 4) is 17.0 Å². The minimum atomic E-state index is -0.551. The highest BCUT2D eigenvalue weighted by Gasteiger charge is 2.27. The molecule has 0 bridgehead atoms. The smallest absolute Gasteiger partial charge is 0.259 e. The van der Waals surface area contributed by atoms with Gasteiger partial charge in [0.1, 0.15) is 17.6 Å². The molecule has 0 saturated heterocycles. The molecule has 0 radical (unpaired) electrons. The summed E-state index contributed by atoms with van der Waals surface area (Å²) in [5, 5.41) is 7.81. The van der Waals surface area contributed by atoms with Gasteiger partial charge in [-0.2, -0.15) is 0 Å².